The zero-order chi connectivity index (χ0) is 18.7. The highest BCUT2D eigenvalue weighted by Crippen LogP contribution is 2.25. The van der Waals surface area contributed by atoms with Crippen molar-refractivity contribution in [3.8, 4) is 0 Å². The van der Waals surface area contributed by atoms with Crippen LogP contribution in [-0.2, 0) is 4.79 Å². The molecule has 1 heterocycles. The maximum absolute atomic E-state index is 13.6. The van der Waals surface area contributed by atoms with Gasteiger partial charge in [0.2, 0.25) is 5.91 Å². The van der Waals surface area contributed by atoms with E-state index in [2.05, 4.69) is 10.2 Å². The van der Waals surface area contributed by atoms with E-state index in [0.29, 0.717) is 18.1 Å². The van der Waals surface area contributed by atoms with Gasteiger partial charge in [-0.15, -0.1) is 0 Å². The topological polar surface area (TPSA) is 35.6 Å². The number of hydrogen-bond acceptors (Lipinski definition) is 3. The van der Waals surface area contributed by atoms with E-state index in [0.717, 1.165) is 36.5 Å². The van der Waals surface area contributed by atoms with Crippen molar-refractivity contribution >= 4 is 28.9 Å². The summed E-state index contributed by atoms with van der Waals surface area (Å²) in [5, 5.41) is 3.19. The van der Waals surface area contributed by atoms with E-state index in [-0.39, 0.29) is 18.1 Å². The number of nitrogens with one attached hydrogen (secondary N) is 1. The van der Waals surface area contributed by atoms with E-state index < -0.39 is 11.6 Å². The lowest BCUT2D eigenvalue weighted by molar-refractivity contribution is -0.117. The Morgan fingerprint density at radius 3 is 2.54 bits per heavy atom. The average Bonchev–Trinajstić information content (AvgIpc) is 2.60. The molecule has 26 heavy (non-hydrogen) atoms. The highest BCUT2D eigenvalue weighted by atomic mass is 35.5. The maximum atomic E-state index is 13.6. The molecule has 0 spiro atoms. The minimum Gasteiger partial charge on any atom is -0.369 e. The first kappa shape index (κ1) is 18.6. The fraction of sp³-hybridized carbons (Fsp3) is 0.316. The van der Waals surface area contributed by atoms with Gasteiger partial charge in [-0.1, -0.05) is 17.7 Å². The quantitative estimate of drug-likeness (QED) is 0.880. The van der Waals surface area contributed by atoms with Gasteiger partial charge in [-0.3, -0.25) is 9.69 Å². The molecule has 4 nitrogen and oxygen atoms in total. The Morgan fingerprint density at radius 1 is 1.12 bits per heavy atom. The van der Waals surface area contributed by atoms with Gasteiger partial charge >= 0.3 is 0 Å². The second-order valence-electron chi connectivity index (χ2n) is 6.37. The van der Waals surface area contributed by atoms with Crippen LogP contribution in [0.25, 0.3) is 0 Å². The molecule has 1 aliphatic rings. The number of nitrogens with zero attached hydrogens (tertiary/aromatic N) is 2. The molecule has 1 saturated heterocycles. The first-order valence-electron chi connectivity index (χ1n) is 8.41. The van der Waals surface area contributed by atoms with Crippen LogP contribution in [0.15, 0.2) is 36.4 Å². The summed E-state index contributed by atoms with van der Waals surface area (Å²) in [7, 11) is 0. The Balaban J connectivity index is 1.53. The highest BCUT2D eigenvalue weighted by molar-refractivity contribution is 6.30. The molecule has 0 bridgehead atoms. The number of amides is 1. The number of rotatable bonds is 4. The van der Waals surface area contributed by atoms with Gasteiger partial charge < -0.3 is 10.2 Å². The molecular weight excluding hydrogens is 360 g/mol. The van der Waals surface area contributed by atoms with E-state index in [9.17, 15) is 13.6 Å². The van der Waals surface area contributed by atoms with Crippen molar-refractivity contribution in [2.24, 2.45) is 0 Å². The SMILES string of the molecule is Cc1ccc(Cl)cc1N1CCN(CC(=O)Nc2ccc(F)cc2F)CC1. The molecule has 0 radical (unpaired) electrons. The lowest BCUT2D eigenvalue weighted by Crippen LogP contribution is -2.48. The van der Waals surface area contributed by atoms with Crippen LogP contribution in [-0.4, -0.2) is 43.5 Å². The molecule has 1 amide bonds. The van der Waals surface area contributed by atoms with Crippen molar-refractivity contribution in [2.45, 2.75) is 6.92 Å². The number of aryl methyl sites for hydroxylation is 1. The summed E-state index contributed by atoms with van der Waals surface area (Å²) in [6, 6.07) is 8.91. The molecule has 0 saturated carbocycles. The third-order valence-electron chi connectivity index (χ3n) is 4.46. The van der Waals surface area contributed by atoms with Crippen LogP contribution in [0.2, 0.25) is 5.02 Å². The molecule has 0 unspecified atom stereocenters. The van der Waals surface area contributed by atoms with Gasteiger partial charge in [0.25, 0.3) is 0 Å². The number of carbonyl (C=O) groups excluding carboxylic acids is 1. The monoisotopic (exact) mass is 379 g/mol. The smallest absolute Gasteiger partial charge is 0.238 e. The second-order valence-corrected chi connectivity index (χ2v) is 6.80. The molecule has 138 valence electrons. The van der Waals surface area contributed by atoms with Crippen molar-refractivity contribution in [3.05, 3.63) is 58.6 Å². The van der Waals surface area contributed by atoms with E-state index in [1.165, 1.54) is 6.07 Å². The average molecular weight is 380 g/mol. The fourth-order valence-corrected chi connectivity index (χ4v) is 3.22. The highest BCUT2D eigenvalue weighted by Gasteiger charge is 2.20. The number of anilines is 2. The van der Waals surface area contributed by atoms with Gasteiger partial charge in [0.1, 0.15) is 11.6 Å². The summed E-state index contributed by atoms with van der Waals surface area (Å²) in [6.07, 6.45) is 0. The minimum atomic E-state index is -0.778. The van der Waals surface area contributed by atoms with Crippen molar-refractivity contribution < 1.29 is 13.6 Å². The summed E-state index contributed by atoms with van der Waals surface area (Å²) in [5.41, 5.74) is 2.26. The van der Waals surface area contributed by atoms with Gasteiger partial charge in [0, 0.05) is 43.0 Å². The third-order valence-corrected chi connectivity index (χ3v) is 4.69. The van der Waals surface area contributed by atoms with Crippen molar-refractivity contribution in [3.63, 3.8) is 0 Å². The number of carbonyl (C=O) groups is 1. The third kappa shape index (κ3) is 4.51. The lowest BCUT2D eigenvalue weighted by Gasteiger charge is -2.36. The van der Waals surface area contributed by atoms with Crippen LogP contribution < -0.4 is 10.2 Å². The van der Waals surface area contributed by atoms with Gasteiger partial charge in [-0.05, 0) is 36.8 Å². The lowest BCUT2D eigenvalue weighted by atomic mass is 10.1. The number of piperazine rings is 1. The summed E-state index contributed by atoms with van der Waals surface area (Å²) in [5.74, 6) is -1.77. The molecule has 1 aliphatic heterocycles. The Morgan fingerprint density at radius 2 is 1.85 bits per heavy atom. The molecule has 3 rings (SSSR count). The first-order chi connectivity index (χ1) is 12.4. The Labute approximate surface area is 156 Å². The molecular formula is C19H20ClF2N3O. The zero-order valence-corrected chi connectivity index (χ0v) is 15.2. The fourth-order valence-electron chi connectivity index (χ4n) is 3.05. The van der Waals surface area contributed by atoms with E-state index >= 15 is 0 Å². The molecule has 0 atom stereocenters. The van der Waals surface area contributed by atoms with E-state index in [1.807, 2.05) is 30.0 Å². The van der Waals surface area contributed by atoms with Crippen LogP contribution in [0, 0.1) is 18.6 Å². The zero-order valence-electron chi connectivity index (χ0n) is 14.4. The Kier molecular flexibility index (Phi) is 5.74. The molecule has 7 heteroatoms. The molecule has 1 N–H and O–H groups in total. The van der Waals surface area contributed by atoms with Crippen molar-refractivity contribution in [1.29, 1.82) is 0 Å². The largest absolute Gasteiger partial charge is 0.369 e. The maximum Gasteiger partial charge on any atom is 0.238 e. The van der Waals surface area contributed by atoms with Crippen molar-refractivity contribution in [2.75, 3.05) is 42.9 Å². The number of benzene rings is 2. The number of halogens is 3. The molecule has 1 fully saturated rings. The van der Waals surface area contributed by atoms with Gasteiger partial charge in [0.15, 0.2) is 0 Å². The predicted molar refractivity (Wildman–Crippen MR) is 99.8 cm³/mol. The molecule has 0 aromatic heterocycles. The summed E-state index contributed by atoms with van der Waals surface area (Å²) >= 11 is 6.09. The minimum absolute atomic E-state index is 0.00964. The molecule has 0 aliphatic carbocycles. The number of hydrogen-bond donors (Lipinski definition) is 1. The molecule has 2 aromatic carbocycles. The Bertz CT molecular complexity index is 807. The molecule has 2 aromatic rings. The van der Waals surface area contributed by atoms with E-state index in [1.54, 1.807) is 0 Å². The van der Waals surface area contributed by atoms with Crippen LogP contribution in [0.5, 0.6) is 0 Å². The van der Waals surface area contributed by atoms with Crippen LogP contribution in [0.1, 0.15) is 5.56 Å². The summed E-state index contributed by atoms with van der Waals surface area (Å²) in [6.45, 7) is 5.19. The van der Waals surface area contributed by atoms with Crippen molar-refractivity contribution in [1.82, 2.24) is 4.90 Å². The standard InChI is InChI=1S/C19H20ClF2N3O/c1-13-2-3-14(20)10-18(13)25-8-6-24(7-9-25)12-19(26)23-17-5-4-15(21)11-16(17)22/h2-5,10-11H,6-9,12H2,1H3,(H,23,26). The summed E-state index contributed by atoms with van der Waals surface area (Å²) in [4.78, 5) is 16.4. The van der Waals surface area contributed by atoms with Crippen LogP contribution >= 0.6 is 11.6 Å². The van der Waals surface area contributed by atoms with E-state index in [4.69, 9.17) is 11.6 Å². The van der Waals surface area contributed by atoms with Gasteiger partial charge in [0.05, 0.1) is 12.2 Å². The first-order valence-corrected chi connectivity index (χ1v) is 8.78. The van der Waals surface area contributed by atoms with Crippen LogP contribution in [0.4, 0.5) is 20.2 Å². The van der Waals surface area contributed by atoms with Gasteiger partial charge in [-0.25, -0.2) is 8.78 Å². The van der Waals surface area contributed by atoms with Gasteiger partial charge in [-0.2, -0.15) is 0 Å². The predicted octanol–water partition coefficient (Wildman–Crippen LogP) is 3.69. The second kappa shape index (κ2) is 8.01. The van der Waals surface area contributed by atoms with Crippen LogP contribution in [0.3, 0.4) is 0 Å². The Hall–Kier alpha value is -2.18. The normalized spacial score (nSPS) is 15.2. The summed E-state index contributed by atoms with van der Waals surface area (Å²) < 4.78 is 26.5.